The molecule has 1 aliphatic heterocycles. The Balaban J connectivity index is 2.28. The van der Waals surface area contributed by atoms with Gasteiger partial charge in [-0.1, -0.05) is 18.5 Å². The number of benzene rings is 1. The molecule has 0 saturated carbocycles. The second-order valence-electron chi connectivity index (χ2n) is 5.17. The van der Waals surface area contributed by atoms with Gasteiger partial charge >= 0.3 is 0 Å². The molecule has 1 aromatic carbocycles. The number of nitrogens with zero attached hydrogens (tertiary/aromatic N) is 1. The summed E-state index contributed by atoms with van der Waals surface area (Å²) >= 11 is 6.07. The highest BCUT2D eigenvalue weighted by molar-refractivity contribution is 6.30. The summed E-state index contributed by atoms with van der Waals surface area (Å²) in [6, 6.07) is 5.15. The second kappa shape index (κ2) is 6.91. The van der Waals surface area contributed by atoms with Crippen LogP contribution in [0, 0.1) is 0 Å². The van der Waals surface area contributed by atoms with Crippen molar-refractivity contribution >= 4 is 29.1 Å². The Morgan fingerprint density at radius 3 is 2.90 bits per heavy atom. The van der Waals surface area contributed by atoms with Gasteiger partial charge in [-0.15, -0.1) is 0 Å². The van der Waals surface area contributed by atoms with Gasteiger partial charge in [0.15, 0.2) is 0 Å². The molecule has 1 fully saturated rings. The Morgan fingerprint density at radius 1 is 1.43 bits per heavy atom. The second-order valence-corrected chi connectivity index (χ2v) is 5.60. The number of carbonyl (C=O) groups is 2. The highest BCUT2D eigenvalue weighted by Crippen LogP contribution is 2.27. The third kappa shape index (κ3) is 3.74. The molecule has 0 aliphatic carbocycles. The summed E-state index contributed by atoms with van der Waals surface area (Å²) < 4.78 is 0. The smallest absolute Gasteiger partial charge is 0.249 e. The number of piperazine rings is 1. The normalized spacial score (nSPS) is 18.8. The molecule has 1 heterocycles. The molecule has 0 bridgehead atoms. The average molecular weight is 310 g/mol. The zero-order chi connectivity index (χ0) is 15.4. The lowest BCUT2D eigenvalue weighted by Crippen LogP contribution is -2.57. The maximum atomic E-state index is 11.8. The molecule has 2 amide bonds. The molecule has 5 nitrogen and oxygen atoms in total. The molecule has 0 spiro atoms. The molecule has 2 N–H and O–H groups in total. The van der Waals surface area contributed by atoms with Crippen LogP contribution < -0.4 is 15.5 Å². The van der Waals surface area contributed by atoms with Gasteiger partial charge in [0.2, 0.25) is 11.8 Å². The number of imide groups is 1. The fourth-order valence-corrected chi connectivity index (χ4v) is 2.58. The van der Waals surface area contributed by atoms with Crippen molar-refractivity contribution < 1.29 is 9.59 Å². The van der Waals surface area contributed by atoms with E-state index < -0.39 is 0 Å². The number of anilines is 1. The Kier molecular flexibility index (Phi) is 5.20. The first-order valence-electron chi connectivity index (χ1n) is 7.12. The maximum absolute atomic E-state index is 11.8. The fraction of sp³-hybridized carbons (Fsp3) is 0.467. The van der Waals surface area contributed by atoms with Crippen molar-refractivity contribution in [3.63, 3.8) is 0 Å². The van der Waals surface area contributed by atoms with Crippen LogP contribution in [0.15, 0.2) is 18.2 Å². The Labute approximate surface area is 129 Å². The molecule has 1 aliphatic rings. The van der Waals surface area contributed by atoms with Crippen LogP contribution in [0.4, 0.5) is 5.69 Å². The monoisotopic (exact) mass is 309 g/mol. The number of hydrogen-bond donors (Lipinski definition) is 2. The first-order valence-corrected chi connectivity index (χ1v) is 7.50. The summed E-state index contributed by atoms with van der Waals surface area (Å²) in [5.74, 6) is -0.547. The first-order chi connectivity index (χ1) is 10.0. The van der Waals surface area contributed by atoms with Gasteiger partial charge < -0.3 is 10.2 Å². The van der Waals surface area contributed by atoms with Gasteiger partial charge in [-0.3, -0.25) is 14.9 Å². The lowest BCUT2D eigenvalue weighted by Gasteiger charge is -2.35. The minimum atomic E-state index is -0.381. The van der Waals surface area contributed by atoms with E-state index in [9.17, 15) is 9.59 Å². The number of hydrogen-bond acceptors (Lipinski definition) is 4. The lowest BCUT2D eigenvalue weighted by molar-refractivity contribution is -0.132. The Morgan fingerprint density at radius 2 is 2.19 bits per heavy atom. The molecule has 1 aromatic rings. The van der Waals surface area contributed by atoms with Crippen molar-refractivity contribution in [2.24, 2.45) is 0 Å². The molecule has 1 unspecified atom stereocenters. The van der Waals surface area contributed by atoms with Gasteiger partial charge in [0.05, 0.1) is 6.54 Å². The zero-order valence-electron chi connectivity index (χ0n) is 12.3. The van der Waals surface area contributed by atoms with E-state index in [1.165, 1.54) is 0 Å². The van der Waals surface area contributed by atoms with E-state index in [0.29, 0.717) is 11.6 Å². The highest BCUT2D eigenvalue weighted by atomic mass is 35.5. The lowest BCUT2D eigenvalue weighted by atomic mass is 10.1. The standard InChI is InChI=1S/C15H20ClN3O2/c1-3-6-17-8-11-7-12(16)4-5-13(11)19-9-14(20)18-15(21)10(19)2/h4-5,7,10,17H,3,6,8-9H2,1-2H3,(H,18,20,21). The molecular formula is C15H20ClN3O2. The van der Waals surface area contributed by atoms with Gasteiger partial charge in [-0.25, -0.2) is 0 Å². The minimum absolute atomic E-state index is 0.176. The summed E-state index contributed by atoms with van der Waals surface area (Å²) in [4.78, 5) is 25.3. The van der Waals surface area contributed by atoms with Crippen molar-refractivity contribution in [3.8, 4) is 0 Å². The van der Waals surface area contributed by atoms with E-state index in [0.717, 1.165) is 24.2 Å². The molecule has 1 atom stereocenters. The van der Waals surface area contributed by atoms with Crippen molar-refractivity contribution in [3.05, 3.63) is 28.8 Å². The van der Waals surface area contributed by atoms with E-state index in [1.807, 2.05) is 17.0 Å². The largest absolute Gasteiger partial charge is 0.350 e. The summed E-state index contributed by atoms with van der Waals surface area (Å²) in [6.07, 6.45) is 1.04. The third-order valence-corrected chi connectivity index (χ3v) is 3.75. The number of amides is 2. The molecule has 0 aromatic heterocycles. The molecule has 6 heteroatoms. The molecule has 21 heavy (non-hydrogen) atoms. The molecule has 114 valence electrons. The van der Waals surface area contributed by atoms with Gasteiger partial charge in [0, 0.05) is 17.3 Å². The van der Waals surface area contributed by atoms with Crippen molar-refractivity contribution in [2.45, 2.75) is 32.9 Å². The van der Waals surface area contributed by atoms with Crippen molar-refractivity contribution in [2.75, 3.05) is 18.0 Å². The quantitative estimate of drug-likeness (QED) is 0.642. The van der Waals surface area contributed by atoms with E-state index in [4.69, 9.17) is 11.6 Å². The van der Waals surface area contributed by atoms with Crippen LogP contribution >= 0.6 is 11.6 Å². The van der Waals surface area contributed by atoms with E-state index in [1.54, 1.807) is 13.0 Å². The van der Waals surface area contributed by atoms with Crippen LogP contribution in [0.2, 0.25) is 5.02 Å². The van der Waals surface area contributed by atoms with Crippen LogP contribution in [0.1, 0.15) is 25.8 Å². The van der Waals surface area contributed by atoms with Crippen LogP contribution in [-0.4, -0.2) is 30.9 Å². The molecular weight excluding hydrogens is 290 g/mol. The Bertz CT molecular complexity index is 548. The molecule has 2 rings (SSSR count). The number of carbonyl (C=O) groups excluding carboxylic acids is 2. The fourth-order valence-electron chi connectivity index (χ4n) is 2.38. The van der Waals surface area contributed by atoms with Crippen LogP contribution in [-0.2, 0) is 16.1 Å². The minimum Gasteiger partial charge on any atom is -0.350 e. The van der Waals surface area contributed by atoms with E-state index in [2.05, 4.69) is 17.6 Å². The number of rotatable bonds is 5. The molecule has 0 radical (unpaired) electrons. The zero-order valence-corrected chi connectivity index (χ0v) is 13.0. The predicted octanol–water partition coefficient (Wildman–Crippen LogP) is 1.69. The van der Waals surface area contributed by atoms with E-state index in [-0.39, 0.29) is 24.4 Å². The SMILES string of the molecule is CCCNCc1cc(Cl)ccc1N1CC(=O)NC(=O)C1C. The first kappa shape index (κ1) is 15.8. The van der Waals surface area contributed by atoms with Gasteiger partial charge in [-0.2, -0.15) is 0 Å². The summed E-state index contributed by atoms with van der Waals surface area (Å²) in [5.41, 5.74) is 1.86. The van der Waals surface area contributed by atoms with Gasteiger partial charge in [-0.05, 0) is 43.7 Å². The van der Waals surface area contributed by atoms with Gasteiger partial charge in [0.1, 0.15) is 6.04 Å². The number of nitrogens with one attached hydrogen (secondary N) is 2. The third-order valence-electron chi connectivity index (χ3n) is 3.52. The van der Waals surface area contributed by atoms with Crippen molar-refractivity contribution in [1.29, 1.82) is 0 Å². The summed E-state index contributed by atoms with van der Waals surface area (Å²) in [5, 5.41) is 6.32. The number of halogens is 1. The van der Waals surface area contributed by atoms with Crippen LogP contribution in [0.3, 0.4) is 0 Å². The van der Waals surface area contributed by atoms with Gasteiger partial charge in [0.25, 0.3) is 0 Å². The topological polar surface area (TPSA) is 61.4 Å². The molecule has 1 saturated heterocycles. The predicted molar refractivity (Wildman–Crippen MR) is 83.4 cm³/mol. The average Bonchev–Trinajstić information content (AvgIpc) is 2.44. The van der Waals surface area contributed by atoms with Crippen LogP contribution in [0.5, 0.6) is 0 Å². The maximum Gasteiger partial charge on any atom is 0.249 e. The van der Waals surface area contributed by atoms with Crippen molar-refractivity contribution in [1.82, 2.24) is 10.6 Å². The Hall–Kier alpha value is -1.59. The van der Waals surface area contributed by atoms with E-state index >= 15 is 0 Å². The summed E-state index contributed by atoms with van der Waals surface area (Å²) in [7, 11) is 0. The highest BCUT2D eigenvalue weighted by Gasteiger charge is 2.31. The van der Waals surface area contributed by atoms with Crippen LogP contribution in [0.25, 0.3) is 0 Å². The summed E-state index contributed by atoms with van der Waals surface area (Å²) in [6.45, 7) is 5.63.